The monoisotopic (exact) mass is 327 g/mol. The number of alkyl halides is 3. The van der Waals surface area contributed by atoms with Crippen LogP contribution in [0.4, 0.5) is 17.6 Å². The number of benzene rings is 1. The van der Waals surface area contributed by atoms with Gasteiger partial charge in [-0.15, -0.1) is 0 Å². The Bertz CT molecular complexity index is 626. The zero-order valence-electron chi connectivity index (χ0n) is 11.0. The molecule has 1 amide bonds. The number of sulfone groups is 1. The molecule has 0 heterocycles. The van der Waals surface area contributed by atoms with Crippen molar-refractivity contribution in [3.63, 3.8) is 0 Å². The van der Waals surface area contributed by atoms with Gasteiger partial charge in [-0.05, 0) is 6.07 Å². The van der Waals surface area contributed by atoms with Gasteiger partial charge in [0, 0.05) is 24.8 Å². The second-order valence-corrected chi connectivity index (χ2v) is 6.69. The van der Waals surface area contributed by atoms with E-state index in [1.807, 2.05) is 0 Å². The molecule has 0 radical (unpaired) electrons. The van der Waals surface area contributed by atoms with Gasteiger partial charge < -0.3 is 5.32 Å². The number of hydrogen-bond acceptors (Lipinski definition) is 3. The van der Waals surface area contributed by atoms with Gasteiger partial charge in [0.25, 0.3) is 0 Å². The normalized spacial score (nSPS) is 12.2. The van der Waals surface area contributed by atoms with Crippen molar-refractivity contribution in [2.75, 3.05) is 12.0 Å². The molecule has 0 bridgehead atoms. The molecule has 9 heteroatoms. The minimum atomic E-state index is -4.82. The molecule has 1 rings (SSSR count). The number of amides is 1. The Morgan fingerprint density at radius 3 is 2.43 bits per heavy atom. The van der Waals surface area contributed by atoms with Gasteiger partial charge in [-0.3, -0.25) is 4.79 Å². The van der Waals surface area contributed by atoms with Crippen LogP contribution in [0.2, 0.25) is 0 Å². The van der Waals surface area contributed by atoms with Crippen LogP contribution >= 0.6 is 0 Å². The van der Waals surface area contributed by atoms with Gasteiger partial charge in [-0.1, -0.05) is 12.1 Å². The summed E-state index contributed by atoms with van der Waals surface area (Å²) in [7, 11) is -3.32. The summed E-state index contributed by atoms with van der Waals surface area (Å²) in [5.41, 5.74) is -1.73. The lowest BCUT2D eigenvalue weighted by molar-refractivity contribution is -0.140. The van der Waals surface area contributed by atoms with Crippen LogP contribution in [0.3, 0.4) is 0 Å². The predicted molar refractivity (Wildman–Crippen MR) is 67.6 cm³/mol. The number of halogens is 4. The molecule has 4 nitrogen and oxygen atoms in total. The molecular formula is C12H13F4NO3S. The third-order valence-electron chi connectivity index (χ3n) is 2.56. The second-order valence-electron chi connectivity index (χ2n) is 4.43. The highest BCUT2D eigenvalue weighted by molar-refractivity contribution is 7.90. The first kappa shape index (κ1) is 17.4. The van der Waals surface area contributed by atoms with E-state index in [1.165, 1.54) is 0 Å². The van der Waals surface area contributed by atoms with E-state index in [4.69, 9.17) is 0 Å². The largest absolute Gasteiger partial charge is 0.419 e. The van der Waals surface area contributed by atoms with Gasteiger partial charge >= 0.3 is 6.18 Å². The maximum atomic E-state index is 13.6. The molecule has 0 aromatic heterocycles. The van der Waals surface area contributed by atoms with Crippen LogP contribution in [0.1, 0.15) is 17.5 Å². The Balaban J connectivity index is 2.71. The molecule has 1 aromatic rings. The third kappa shape index (κ3) is 5.70. The van der Waals surface area contributed by atoms with Crippen LogP contribution in [0.15, 0.2) is 18.2 Å². The van der Waals surface area contributed by atoms with Crippen LogP contribution < -0.4 is 5.32 Å². The topological polar surface area (TPSA) is 63.2 Å². The fraction of sp³-hybridized carbons (Fsp3) is 0.417. The molecule has 0 unspecified atom stereocenters. The molecular weight excluding hydrogens is 314 g/mol. The van der Waals surface area contributed by atoms with E-state index in [0.29, 0.717) is 6.07 Å². The Morgan fingerprint density at radius 1 is 1.29 bits per heavy atom. The SMILES string of the molecule is CS(=O)(=O)CCC(=O)NCc1cccc(C(F)(F)F)c1F. The molecule has 0 aliphatic rings. The maximum absolute atomic E-state index is 13.6. The van der Waals surface area contributed by atoms with Gasteiger partial charge in [-0.2, -0.15) is 13.2 Å². The second kappa shape index (κ2) is 6.42. The first-order valence-electron chi connectivity index (χ1n) is 5.79. The van der Waals surface area contributed by atoms with E-state index in [0.717, 1.165) is 18.4 Å². The average molecular weight is 327 g/mol. The number of hydrogen-bond donors (Lipinski definition) is 1. The van der Waals surface area contributed by atoms with Crippen molar-refractivity contribution < 1.29 is 30.8 Å². The Hall–Kier alpha value is -1.64. The van der Waals surface area contributed by atoms with Crippen LogP contribution in [0.5, 0.6) is 0 Å². The summed E-state index contributed by atoms with van der Waals surface area (Å²) in [4.78, 5) is 11.3. The molecule has 21 heavy (non-hydrogen) atoms. The molecule has 1 N–H and O–H groups in total. The highest BCUT2D eigenvalue weighted by Crippen LogP contribution is 2.32. The summed E-state index contributed by atoms with van der Waals surface area (Å²) < 4.78 is 72.8. The molecule has 0 spiro atoms. The summed E-state index contributed by atoms with van der Waals surface area (Å²) in [6.45, 7) is -0.446. The van der Waals surface area contributed by atoms with Crippen LogP contribution in [-0.4, -0.2) is 26.3 Å². The van der Waals surface area contributed by atoms with Crippen molar-refractivity contribution in [1.29, 1.82) is 0 Å². The molecule has 0 saturated carbocycles. The zero-order valence-corrected chi connectivity index (χ0v) is 11.8. The van der Waals surface area contributed by atoms with Crippen molar-refractivity contribution in [2.45, 2.75) is 19.1 Å². The Labute approximate surface area is 119 Å². The average Bonchev–Trinajstić information content (AvgIpc) is 2.32. The number of carbonyl (C=O) groups is 1. The van der Waals surface area contributed by atoms with Gasteiger partial charge in [0.1, 0.15) is 15.7 Å². The summed E-state index contributed by atoms with van der Waals surface area (Å²) >= 11 is 0. The van der Waals surface area contributed by atoms with Crippen molar-refractivity contribution in [1.82, 2.24) is 5.32 Å². The Kier molecular flexibility index (Phi) is 5.32. The number of carbonyl (C=O) groups excluding carboxylic acids is 1. The Morgan fingerprint density at radius 2 is 1.90 bits per heavy atom. The number of rotatable bonds is 5. The van der Waals surface area contributed by atoms with Crippen LogP contribution in [0, 0.1) is 5.82 Å². The molecule has 118 valence electrons. The van der Waals surface area contributed by atoms with Crippen molar-refractivity contribution in [2.24, 2.45) is 0 Å². The summed E-state index contributed by atoms with van der Waals surface area (Å²) in [6, 6.07) is 2.75. The minimum absolute atomic E-state index is 0.322. The van der Waals surface area contributed by atoms with E-state index in [-0.39, 0.29) is 17.7 Å². The van der Waals surface area contributed by atoms with E-state index < -0.39 is 39.8 Å². The van der Waals surface area contributed by atoms with Gasteiger partial charge in [-0.25, -0.2) is 12.8 Å². The van der Waals surface area contributed by atoms with E-state index >= 15 is 0 Å². The standard InChI is InChI=1S/C12H13F4NO3S/c1-21(19,20)6-5-10(18)17-7-8-3-2-4-9(11(8)13)12(14,15)16/h2-4H,5-7H2,1H3,(H,17,18). The number of nitrogens with one attached hydrogen (secondary N) is 1. The smallest absolute Gasteiger partial charge is 0.352 e. The molecule has 0 atom stereocenters. The molecule has 1 aromatic carbocycles. The lowest BCUT2D eigenvalue weighted by Gasteiger charge is -2.11. The molecule has 0 aliphatic carbocycles. The van der Waals surface area contributed by atoms with Crippen molar-refractivity contribution in [3.05, 3.63) is 35.1 Å². The lowest BCUT2D eigenvalue weighted by Crippen LogP contribution is -2.25. The van der Waals surface area contributed by atoms with Crippen LogP contribution in [0.25, 0.3) is 0 Å². The molecule has 0 saturated heterocycles. The molecule has 0 fully saturated rings. The molecule has 0 aliphatic heterocycles. The maximum Gasteiger partial charge on any atom is 0.419 e. The summed E-state index contributed by atoms with van der Waals surface area (Å²) in [5, 5.41) is 2.18. The minimum Gasteiger partial charge on any atom is -0.352 e. The fourth-order valence-corrected chi connectivity index (χ4v) is 2.05. The first-order chi connectivity index (χ1) is 9.50. The quantitative estimate of drug-likeness (QED) is 0.840. The van der Waals surface area contributed by atoms with Gasteiger partial charge in [0.15, 0.2) is 0 Å². The van der Waals surface area contributed by atoms with Crippen LogP contribution in [-0.2, 0) is 27.4 Å². The van der Waals surface area contributed by atoms with Gasteiger partial charge in [0.2, 0.25) is 5.91 Å². The van der Waals surface area contributed by atoms with Crippen molar-refractivity contribution in [3.8, 4) is 0 Å². The van der Waals surface area contributed by atoms with E-state index in [1.54, 1.807) is 0 Å². The van der Waals surface area contributed by atoms with E-state index in [2.05, 4.69) is 5.32 Å². The predicted octanol–water partition coefficient (Wildman–Crippen LogP) is 1.90. The summed E-state index contributed by atoms with van der Waals surface area (Å²) in [5.74, 6) is -2.52. The summed E-state index contributed by atoms with van der Waals surface area (Å²) in [6.07, 6.45) is -4.20. The highest BCUT2D eigenvalue weighted by Gasteiger charge is 2.34. The lowest BCUT2D eigenvalue weighted by atomic mass is 10.1. The third-order valence-corrected chi connectivity index (χ3v) is 3.51. The highest BCUT2D eigenvalue weighted by atomic mass is 32.2. The fourth-order valence-electron chi connectivity index (χ4n) is 1.50. The first-order valence-corrected chi connectivity index (χ1v) is 7.86. The zero-order chi connectivity index (χ0) is 16.3. The van der Waals surface area contributed by atoms with E-state index in [9.17, 15) is 30.8 Å². The van der Waals surface area contributed by atoms with Crippen molar-refractivity contribution >= 4 is 15.7 Å². The van der Waals surface area contributed by atoms with Gasteiger partial charge in [0.05, 0.1) is 11.3 Å².